The number of hydrogen-bond acceptors (Lipinski definition) is 7. The van der Waals surface area contributed by atoms with Crippen LogP contribution < -0.4 is 9.47 Å². The van der Waals surface area contributed by atoms with Gasteiger partial charge in [-0.05, 0) is 86.5 Å². The summed E-state index contributed by atoms with van der Waals surface area (Å²) in [5.74, 6) is 0.0521. The van der Waals surface area contributed by atoms with E-state index in [2.05, 4.69) is 6.92 Å². The largest absolute Gasteiger partial charge is 0.469 e. The molecular weight excluding hydrogens is 484 g/mol. The molecule has 0 spiro atoms. The lowest BCUT2D eigenvalue weighted by atomic mass is 9.45. The summed E-state index contributed by atoms with van der Waals surface area (Å²) in [5.41, 5.74) is 0.351. The predicted octanol–water partition coefficient (Wildman–Crippen LogP) is 5.83. The quantitative estimate of drug-likeness (QED) is 0.256. The second kappa shape index (κ2) is 10.9. The first kappa shape index (κ1) is 27.8. The van der Waals surface area contributed by atoms with E-state index >= 15 is 0 Å². The van der Waals surface area contributed by atoms with Crippen molar-refractivity contribution in [2.45, 2.75) is 72.6 Å². The van der Waals surface area contributed by atoms with Gasteiger partial charge in [-0.3, -0.25) is 14.4 Å². The molecule has 0 bridgehead atoms. The van der Waals surface area contributed by atoms with Gasteiger partial charge in [0.25, 0.3) is 0 Å². The predicted molar refractivity (Wildman–Crippen MR) is 143 cm³/mol. The van der Waals surface area contributed by atoms with Crippen molar-refractivity contribution >= 4 is 35.0 Å². The van der Waals surface area contributed by atoms with Gasteiger partial charge in [0.1, 0.15) is 17.8 Å². The number of aryl methyl sites for hydroxylation is 1. The van der Waals surface area contributed by atoms with Crippen LogP contribution in [-0.2, 0) is 30.3 Å². The van der Waals surface area contributed by atoms with Crippen molar-refractivity contribution in [3.05, 3.63) is 35.9 Å². The van der Waals surface area contributed by atoms with E-state index in [9.17, 15) is 19.2 Å². The molecule has 38 heavy (non-hydrogen) atoms. The first-order chi connectivity index (χ1) is 18.0. The molecule has 7 heteroatoms. The molecule has 5 atom stereocenters. The third-order valence-electron chi connectivity index (χ3n) is 9.21. The number of hydrogen-bond donors (Lipinski definition) is 0. The van der Waals surface area contributed by atoms with E-state index in [0.717, 1.165) is 56.8 Å². The second-order valence-electron chi connectivity index (χ2n) is 11.5. The lowest BCUT2D eigenvalue weighted by Gasteiger charge is -2.58. The molecule has 0 aromatic heterocycles. The normalized spacial score (nSPS) is 28.7. The van der Waals surface area contributed by atoms with E-state index in [1.54, 1.807) is 12.1 Å². The molecule has 0 amide bonds. The van der Waals surface area contributed by atoms with E-state index in [1.165, 1.54) is 21.0 Å². The molecule has 2 aliphatic carbocycles. The molecule has 0 heterocycles. The Hall–Kier alpha value is -3.22. The summed E-state index contributed by atoms with van der Waals surface area (Å²) < 4.78 is 16.1. The molecule has 204 valence electrons. The fourth-order valence-electron chi connectivity index (χ4n) is 7.54. The van der Waals surface area contributed by atoms with Crippen LogP contribution in [0.1, 0.15) is 71.8 Å². The zero-order chi connectivity index (χ0) is 27.7. The van der Waals surface area contributed by atoms with Crippen molar-refractivity contribution in [2.75, 3.05) is 7.11 Å². The summed E-state index contributed by atoms with van der Waals surface area (Å²) in [7, 11) is 1.46. The molecule has 2 saturated carbocycles. The van der Waals surface area contributed by atoms with Crippen molar-refractivity contribution < 1.29 is 33.4 Å². The second-order valence-corrected chi connectivity index (χ2v) is 11.5. The van der Waals surface area contributed by atoms with Gasteiger partial charge in [0.15, 0.2) is 0 Å². The van der Waals surface area contributed by atoms with Gasteiger partial charge in [-0.25, -0.2) is 0 Å². The number of fused-ring (bicyclic) bond motifs is 2. The highest BCUT2D eigenvalue weighted by Gasteiger charge is 2.58. The number of carbonyl (C=O) groups excluding carboxylic acids is 4. The Morgan fingerprint density at radius 2 is 1.61 bits per heavy atom. The van der Waals surface area contributed by atoms with Crippen molar-refractivity contribution in [1.29, 1.82) is 0 Å². The minimum absolute atomic E-state index is 0.0520. The maximum atomic E-state index is 12.9. The third-order valence-corrected chi connectivity index (χ3v) is 9.21. The maximum absolute atomic E-state index is 12.9. The van der Waals surface area contributed by atoms with Crippen LogP contribution in [0.3, 0.4) is 0 Å². The first-order valence-electron chi connectivity index (χ1n) is 13.5. The molecular formula is C31H38O7. The van der Waals surface area contributed by atoms with Gasteiger partial charge < -0.3 is 19.0 Å². The Balaban J connectivity index is 1.66. The minimum atomic E-state index is -0.539. The molecule has 0 saturated heterocycles. The van der Waals surface area contributed by atoms with Crippen LogP contribution in [0, 0.1) is 28.6 Å². The Morgan fingerprint density at radius 3 is 2.21 bits per heavy atom. The van der Waals surface area contributed by atoms with Crippen molar-refractivity contribution in [3.63, 3.8) is 0 Å². The number of benzene rings is 2. The molecule has 2 aromatic carbocycles. The van der Waals surface area contributed by atoms with Crippen LogP contribution in [0.15, 0.2) is 30.3 Å². The number of esters is 3. The molecule has 2 aromatic rings. The molecule has 1 unspecified atom stereocenters. The smallest absolute Gasteiger partial charge is 0.311 e. The van der Waals surface area contributed by atoms with Crippen LogP contribution in [-0.4, -0.2) is 31.3 Å². The Kier molecular flexibility index (Phi) is 7.96. The van der Waals surface area contributed by atoms with E-state index in [4.69, 9.17) is 14.2 Å². The summed E-state index contributed by atoms with van der Waals surface area (Å²) in [4.78, 5) is 48.4. The van der Waals surface area contributed by atoms with E-state index in [1.807, 2.05) is 25.1 Å². The molecule has 0 N–H and O–H groups in total. The van der Waals surface area contributed by atoms with Gasteiger partial charge in [-0.2, -0.15) is 0 Å². The summed E-state index contributed by atoms with van der Waals surface area (Å²) in [6, 6.07) is 9.11. The average Bonchev–Trinajstić information content (AvgIpc) is 2.87. The molecule has 7 nitrogen and oxygen atoms in total. The van der Waals surface area contributed by atoms with Gasteiger partial charge in [0.05, 0.1) is 12.5 Å². The fourth-order valence-corrected chi connectivity index (χ4v) is 7.54. The number of carbonyl (C=O) groups is 4. The summed E-state index contributed by atoms with van der Waals surface area (Å²) >= 11 is 0. The van der Waals surface area contributed by atoms with Gasteiger partial charge in [-0.15, -0.1) is 0 Å². The van der Waals surface area contributed by atoms with Gasteiger partial charge in [0, 0.05) is 30.5 Å². The lowest BCUT2D eigenvalue weighted by Crippen LogP contribution is -2.55. The summed E-state index contributed by atoms with van der Waals surface area (Å²) in [6.07, 6.45) is 6.99. The fraction of sp³-hybridized carbons (Fsp3) is 0.548. The third kappa shape index (κ3) is 5.07. The Labute approximate surface area is 224 Å². The van der Waals surface area contributed by atoms with Crippen LogP contribution in [0.2, 0.25) is 0 Å². The lowest BCUT2D eigenvalue weighted by molar-refractivity contribution is -0.173. The van der Waals surface area contributed by atoms with E-state index in [0.29, 0.717) is 22.3 Å². The minimum Gasteiger partial charge on any atom is -0.469 e. The van der Waals surface area contributed by atoms with Crippen LogP contribution in [0.25, 0.3) is 10.8 Å². The van der Waals surface area contributed by atoms with E-state index in [-0.39, 0.29) is 29.1 Å². The molecule has 2 aliphatic rings. The molecule has 2 fully saturated rings. The SMILES string of the molecule is COC(=O)[C@@]1(C)CCC[C@@]2(C)C1CC[C@@H](C=O)[C@@H]2CCc1ccc2c(OC(C)=O)ccc(OC(C)=O)c2c1. The Bertz CT molecular complexity index is 1250. The highest BCUT2D eigenvalue weighted by Crippen LogP contribution is 2.62. The first-order valence-corrected chi connectivity index (χ1v) is 13.5. The zero-order valence-corrected chi connectivity index (χ0v) is 23.0. The maximum Gasteiger partial charge on any atom is 0.311 e. The van der Waals surface area contributed by atoms with Crippen molar-refractivity contribution in [1.82, 2.24) is 0 Å². The molecule has 4 rings (SSSR count). The number of ether oxygens (including phenoxy) is 3. The number of methoxy groups -OCH3 is 1. The van der Waals surface area contributed by atoms with Crippen LogP contribution >= 0.6 is 0 Å². The standard InChI is InChI=1S/C31H38O7/c1-19(33)37-26-12-13-27(38-20(2)34)24-17-21(7-10-23(24)26)8-11-25-22(18-32)9-14-28-30(25,3)15-6-16-31(28,4)29(35)36-5/h7,10,12-13,17-18,22,25,28H,6,8-9,11,14-16H2,1-5H3/t22-,25-,28?,30+,31-/m0/s1. The van der Waals surface area contributed by atoms with Crippen molar-refractivity contribution in [2.24, 2.45) is 28.6 Å². The van der Waals surface area contributed by atoms with Gasteiger partial charge in [0.2, 0.25) is 0 Å². The zero-order valence-electron chi connectivity index (χ0n) is 23.0. The summed E-state index contributed by atoms with van der Waals surface area (Å²) in [5, 5.41) is 1.37. The number of rotatable bonds is 7. The molecule has 0 radical (unpaired) electrons. The highest BCUT2D eigenvalue weighted by molar-refractivity contribution is 5.96. The molecule has 0 aliphatic heterocycles. The number of aldehydes is 1. The Morgan fingerprint density at radius 1 is 0.947 bits per heavy atom. The summed E-state index contributed by atoms with van der Waals surface area (Å²) in [6.45, 7) is 7.00. The van der Waals surface area contributed by atoms with E-state index < -0.39 is 17.4 Å². The van der Waals surface area contributed by atoms with Crippen LogP contribution in [0.4, 0.5) is 0 Å². The van der Waals surface area contributed by atoms with Gasteiger partial charge in [-0.1, -0.05) is 25.5 Å². The van der Waals surface area contributed by atoms with Crippen molar-refractivity contribution in [3.8, 4) is 11.5 Å². The average molecular weight is 523 g/mol. The highest BCUT2D eigenvalue weighted by atomic mass is 16.5. The monoisotopic (exact) mass is 522 g/mol. The topological polar surface area (TPSA) is 96.0 Å². The van der Waals surface area contributed by atoms with Gasteiger partial charge >= 0.3 is 17.9 Å². The van der Waals surface area contributed by atoms with Crippen LogP contribution in [0.5, 0.6) is 11.5 Å².